The molecular formula is C10H10BrN3O2S. The Morgan fingerprint density at radius 2 is 2.47 bits per heavy atom. The van der Waals surface area contributed by atoms with E-state index in [1.54, 1.807) is 6.20 Å². The molecule has 1 aromatic rings. The zero-order valence-electron chi connectivity index (χ0n) is 8.88. The first-order valence-corrected chi connectivity index (χ1v) is 6.76. The topological polar surface area (TPSA) is 59.3 Å². The zero-order chi connectivity index (χ0) is 12.3. The smallest absolute Gasteiger partial charge is 0.264 e. The average molecular weight is 316 g/mol. The summed E-state index contributed by atoms with van der Waals surface area (Å²) >= 11 is 4.79. The molecule has 0 spiro atoms. The maximum absolute atomic E-state index is 10.5. The molecule has 1 aromatic heterocycles. The van der Waals surface area contributed by atoms with Crippen molar-refractivity contribution in [2.75, 3.05) is 12.3 Å². The van der Waals surface area contributed by atoms with Gasteiger partial charge in [0.2, 0.25) is 0 Å². The number of hydrogen-bond donors (Lipinski definition) is 0. The summed E-state index contributed by atoms with van der Waals surface area (Å²) in [4.78, 5) is 16.2. The minimum atomic E-state index is -0.402. The van der Waals surface area contributed by atoms with E-state index in [4.69, 9.17) is 0 Å². The molecule has 5 nitrogen and oxygen atoms in total. The van der Waals surface area contributed by atoms with Crippen molar-refractivity contribution in [3.63, 3.8) is 0 Å². The molecule has 1 fully saturated rings. The molecule has 1 saturated heterocycles. The highest BCUT2D eigenvalue weighted by Gasteiger charge is 2.20. The Labute approximate surface area is 111 Å². The van der Waals surface area contributed by atoms with E-state index in [0.29, 0.717) is 6.54 Å². The Morgan fingerprint density at radius 3 is 3.12 bits per heavy atom. The molecular weight excluding hydrogens is 306 g/mol. The number of pyridine rings is 1. The number of rotatable bonds is 3. The molecule has 0 unspecified atom stereocenters. The molecule has 0 saturated carbocycles. The number of thioether (sulfide) groups is 1. The molecule has 90 valence electrons. The highest BCUT2D eigenvalue weighted by molar-refractivity contribution is 9.10. The van der Waals surface area contributed by atoms with Crippen LogP contribution in [0.1, 0.15) is 5.56 Å². The normalized spacial score (nSPS) is 17.7. The maximum Gasteiger partial charge on any atom is 0.264 e. The maximum atomic E-state index is 10.5. The first kappa shape index (κ1) is 12.4. The van der Waals surface area contributed by atoms with E-state index >= 15 is 0 Å². The molecule has 0 bridgehead atoms. The van der Waals surface area contributed by atoms with E-state index in [2.05, 4.69) is 20.9 Å². The summed E-state index contributed by atoms with van der Waals surface area (Å²) in [5.74, 6) is 0.892. The van der Waals surface area contributed by atoms with Gasteiger partial charge in [0.25, 0.3) is 6.20 Å². The summed E-state index contributed by atoms with van der Waals surface area (Å²) in [6.45, 7) is 1.49. The van der Waals surface area contributed by atoms with Gasteiger partial charge in [-0.15, -0.1) is 11.8 Å². The number of hydrogen-bond acceptors (Lipinski definition) is 5. The monoisotopic (exact) mass is 315 g/mol. The Hall–Kier alpha value is -1.08. The van der Waals surface area contributed by atoms with Crippen molar-refractivity contribution in [1.29, 1.82) is 0 Å². The molecule has 1 aliphatic heterocycles. The van der Waals surface area contributed by atoms with Crippen LogP contribution in [0.3, 0.4) is 0 Å². The number of halogens is 1. The van der Waals surface area contributed by atoms with Crippen LogP contribution in [0.4, 0.5) is 0 Å². The van der Waals surface area contributed by atoms with Gasteiger partial charge in [-0.2, -0.15) is 0 Å². The largest absolute Gasteiger partial charge is 0.356 e. The lowest BCUT2D eigenvalue weighted by Crippen LogP contribution is -2.18. The molecule has 0 N–H and O–H groups in total. The fourth-order valence-corrected chi connectivity index (χ4v) is 2.80. The quantitative estimate of drug-likeness (QED) is 0.487. The van der Waals surface area contributed by atoms with E-state index in [-0.39, 0.29) is 0 Å². The van der Waals surface area contributed by atoms with E-state index in [1.165, 1.54) is 11.8 Å². The molecule has 0 atom stereocenters. The van der Waals surface area contributed by atoms with Crippen LogP contribution in [0.25, 0.3) is 0 Å². The summed E-state index contributed by atoms with van der Waals surface area (Å²) in [5.41, 5.74) is 1.05. The van der Waals surface area contributed by atoms with E-state index in [0.717, 1.165) is 33.7 Å². The molecule has 0 aliphatic carbocycles. The standard InChI is InChI=1S/C10H10BrN3O2S/c11-9-2-1-8(5-12-9)6-13-3-4-17-10(13)7-14(15)16/h1-2,5,7H,3-4,6H2. The molecule has 1 aliphatic rings. The summed E-state index contributed by atoms with van der Waals surface area (Å²) < 4.78 is 0.790. The Morgan fingerprint density at radius 1 is 1.65 bits per heavy atom. The predicted molar refractivity (Wildman–Crippen MR) is 69.9 cm³/mol. The second kappa shape index (κ2) is 5.50. The number of nitro groups is 1. The van der Waals surface area contributed by atoms with Crippen LogP contribution in [-0.2, 0) is 6.54 Å². The lowest BCUT2D eigenvalue weighted by atomic mass is 10.3. The van der Waals surface area contributed by atoms with Gasteiger partial charge < -0.3 is 4.90 Å². The summed E-state index contributed by atoms with van der Waals surface area (Å²) in [5, 5.41) is 11.2. The van der Waals surface area contributed by atoms with Gasteiger partial charge >= 0.3 is 0 Å². The first-order chi connectivity index (χ1) is 8.15. The van der Waals surface area contributed by atoms with E-state index in [9.17, 15) is 10.1 Å². The average Bonchev–Trinajstić information content (AvgIpc) is 2.68. The van der Waals surface area contributed by atoms with Gasteiger partial charge in [-0.1, -0.05) is 6.07 Å². The van der Waals surface area contributed by atoms with Crippen LogP contribution in [0, 0.1) is 10.1 Å². The Bertz CT molecular complexity index is 449. The summed E-state index contributed by atoms with van der Waals surface area (Å²) in [6, 6.07) is 3.83. The van der Waals surface area contributed by atoms with Gasteiger partial charge in [0.1, 0.15) is 9.63 Å². The van der Waals surface area contributed by atoms with Crippen LogP contribution < -0.4 is 0 Å². The second-order valence-corrected chi connectivity index (χ2v) is 5.44. The third-order valence-corrected chi connectivity index (χ3v) is 3.82. The molecule has 2 rings (SSSR count). The van der Waals surface area contributed by atoms with Crippen molar-refractivity contribution in [2.45, 2.75) is 6.54 Å². The third kappa shape index (κ3) is 3.44. The van der Waals surface area contributed by atoms with Crippen molar-refractivity contribution in [3.05, 3.63) is 49.8 Å². The van der Waals surface area contributed by atoms with Crippen molar-refractivity contribution >= 4 is 27.7 Å². The molecule has 17 heavy (non-hydrogen) atoms. The molecule has 2 heterocycles. The van der Waals surface area contributed by atoms with Crippen molar-refractivity contribution in [3.8, 4) is 0 Å². The molecule has 0 amide bonds. The van der Waals surface area contributed by atoms with Gasteiger partial charge in [-0.05, 0) is 27.6 Å². The first-order valence-electron chi connectivity index (χ1n) is 4.98. The van der Waals surface area contributed by atoms with Crippen LogP contribution >= 0.6 is 27.7 Å². The van der Waals surface area contributed by atoms with Crippen LogP contribution in [-0.4, -0.2) is 27.1 Å². The van der Waals surface area contributed by atoms with Crippen molar-refractivity contribution in [2.24, 2.45) is 0 Å². The molecule has 7 heteroatoms. The fraction of sp³-hybridized carbons (Fsp3) is 0.300. The van der Waals surface area contributed by atoms with Crippen molar-refractivity contribution in [1.82, 2.24) is 9.88 Å². The minimum absolute atomic E-state index is 0.402. The van der Waals surface area contributed by atoms with Gasteiger partial charge in [0.05, 0.1) is 4.92 Å². The highest BCUT2D eigenvalue weighted by Crippen LogP contribution is 2.29. The number of aromatic nitrogens is 1. The van der Waals surface area contributed by atoms with Gasteiger partial charge in [0, 0.05) is 25.0 Å². The summed E-state index contributed by atoms with van der Waals surface area (Å²) in [7, 11) is 0. The lowest BCUT2D eigenvalue weighted by Gasteiger charge is -2.16. The second-order valence-electron chi connectivity index (χ2n) is 3.51. The SMILES string of the molecule is O=[N+]([O-])C=C1SCCN1Cc1ccc(Br)nc1. The number of nitrogens with zero attached hydrogens (tertiary/aromatic N) is 3. The highest BCUT2D eigenvalue weighted by atomic mass is 79.9. The Kier molecular flexibility index (Phi) is 4.01. The van der Waals surface area contributed by atoms with Crippen LogP contribution in [0.5, 0.6) is 0 Å². The Balaban J connectivity index is 2.07. The zero-order valence-corrected chi connectivity index (χ0v) is 11.3. The minimum Gasteiger partial charge on any atom is -0.356 e. The van der Waals surface area contributed by atoms with E-state index < -0.39 is 4.92 Å². The lowest BCUT2D eigenvalue weighted by molar-refractivity contribution is -0.403. The van der Waals surface area contributed by atoms with Crippen molar-refractivity contribution < 1.29 is 4.92 Å². The van der Waals surface area contributed by atoms with Crippen LogP contribution in [0.2, 0.25) is 0 Å². The predicted octanol–water partition coefficient (Wildman–Crippen LogP) is 2.47. The molecule has 0 radical (unpaired) electrons. The fourth-order valence-electron chi connectivity index (χ4n) is 1.55. The third-order valence-electron chi connectivity index (χ3n) is 2.30. The van der Waals surface area contributed by atoms with E-state index in [1.807, 2.05) is 17.0 Å². The van der Waals surface area contributed by atoms with Gasteiger partial charge in [-0.3, -0.25) is 10.1 Å². The van der Waals surface area contributed by atoms with Gasteiger partial charge in [-0.25, -0.2) is 4.98 Å². The molecule has 0 aromatic carbocycles. The summed E-state index contributed by atoms with van der Waals surface area (Å²) in [6.07, 6.45) is 2.85. The van der Waals surface area contributed by atoms with Gasteiger partial charge in [0.15, 0.2) is 0 Å². The van der Waals surface area contributed by atoms with Crippen LogP contribution in [0.15, 0.2) is 34.2 Å².